The largest absolute Gasteiger partial charge is 0.495 e. The summed E-state index contributed by atoms with van der Waals surface area (Å²) >= 11 is 0. The molecule has 3 N–H and O–H groups in total. The van der Waals surface area contributed by atoms with Gasteiger partial charge >= 0.3 is 0 Å². The molecular formula is C29H30N4O5. The van der Waals surface area contributed by atoms with Gasteiger partial charge in [-0.3, -0.25) is 24.5 Å². The standard InChI is InChI=1S/C29H30N4O5/c1-38-25-15-20(10-11-23(25)30)28(36)32-14-4-6-18(16-32)5-2-7-19-8-3-9-21-22(19)17-33(29(21)37)24-12-13-26(34)31-27(24)35/h3,8-11,15,18,24H,4-6,12-14,16-17,30H2,1H3,(H,31,34,35)/t18-,24?/m1/s1. The lowest BCUT2D eigenvalue weighted by Gasteiger charge is -2.32. The average Bonchev–Trinajstić information content (AvgIpc) is 3.25. The van der Waals surface area contributed by atoms with Crippen LogP contribution in [0.3, 0.4) is 0 Å². The number of hydrogen-bond donors (Lipinski definition) is 2. The highest BCUT2D eigenvalue weighted by Gasteiger charge is 2.39. The van der Waals surface area contributed by atoms with Gasteiger partial charge in [-0.25, -0.2) is 0 Å². The number of fused-ring (bicyclic) bond motifs is 1. The molecule has 0 bridgehead atoms. The number of ether oxygens (including phenoxy) is 1. The van der Waals surface area contributed by atoms with E-state index in [9.17, 15) is 19.2 Å². The smallest absolute Gasteiger partial charge is 0.255 e. The molecule has 0 aliphatic carbocycles. The van der Waals surface area contributed by atoms with E-state index in [2.05, 4.69) is 17.2 Å². The van der Waals surface area contributed by atoms with Crippen LogP contribution in [0.25, 0.3) is 0 Å². The van der Waals surface area contributed by atoms with Crippen LogP contribution in [0.1, 0.15) is 63.9 Å². The van der Waals surface area contributed by atoms with Crippen LogP contribution in [-0.2, 0) is 16.1 Å². The summed E-state index contributed by atoms with van der Waals surface area (Å²) in [6.45, 7) is 1.61. The monoisotopic (exact) mass is 514 g/mol. The van der Waals surface area contributed by atoms with Gasteiger partial charge in [0.2, 0.25) is 11.8 Å². The molecule has 9 nitrogen and oxygen atoms in total. The Morgan fingerprint density at radius 2 is 2.03 bits per heavy atom. The number of likely N-dealkylation sites (tertiary alicyclic amines) is 1. The van der Waals surface area contributed by atoms with Crippen molar-refractivity contribution in [1.29, 1.82) is 0 Å². The Morgan fingerprint density at radius 1 is 1.18 bits per heavy atom. The first-order valence-electron chi connectivity index (χ1n) is 12.8. The van der Waals surface area contributed by atoms with Crippen molar-refractivity contribution in [2.75, 3.05) is 25.9 Å². The van der Waals surface area contributed by atoms with Gasteiger partial charge in [-0.2, -0.15) is 0 Å². The molecule has 1 unspecified atom stereocenters. The highest BCUT2D eigenvalue weighted by Crippen LogP contribution is 2.30. The molecule has 38 heavy (non-hydrogen) atoms. The number of carbonyl (C=O) groups is 4. The van der Waals surface area contributed by atoms with E-state index in [-0.39, 0.29) is 30.1 Å². The predicted octanol–water partition coefficient (Wildman–Crippen LogP) is 2.33. The van der Waals surface area contributed by atoms with Crippen LogP contribution in [0.4, 0.5) is 5.69 Å². The summed E-state index contributed by atoms with van der Waals surface area (Å²) < 4.78 is 5.26. The quantitative estimate of drug-likeness (QED) is 0.367. The minimum atomic E-state index is -0.653. The molecule has 0 spiro atoms. The van der Waals surface area contributed by atoms with Gasteiger partial charge in [-0.15, -0.1) is 0 Å². The molecule has 2 saturated heterocycles. The number of piperidine rings is 2. The third-order valence-electron chi connectivity index (χ3n) is 7.48. The van der Waals surface area contributed by atoms with Crippen molar-refractivity contribution >= 4 is 29.3 Å². The molecule has 0 radical (unpaired) electrons. The van der Waals surface area contributed by atoms with Crippen LogP contribution in [0.15, 0.2) is 36.4 Å². The van der Waals surface area contributed by atoms with Crippen LogP contribution in [0, 0.1) is 17.8 Å². The van der Waals surface area contributed by atoms with Crippen LogP contribution in [-0.4, -0.2) is 59.7 Å². The first-order valence-corrected chi connectivity index (χ1v) is 12.8. The Balaban J connectivity index is 1.25. The summed E-state index contributed by atoms with van der Waals surface area (Å²) in [6.07, 6.45) is 3.06. The fourth-order valence-corrected chi connectivity index (χ4v) is 5.44. The van der Waals surface area contributed by atoms with E-state index in [1.807, 2.05) is 11.0 Å². The third kappa shape index (κ3) is 4.94. The minimum Gasteiger partial charge on any atom is -0.495 e. The number of benzene rings is 2. The lowest BCUT2D eigenvalue weighted by atomic mass is 9.94. The zero-order valence-electron chi connectivity index (χ0n) is 21.3. The normalized spacial score (nSPS) is 20.9. The number of nitrogen functional groups attached to an aromatic ring is 1. The summed E-state index contributed by atoms with van der Waals surface area (Å²) in [5.74, 6) is 6.25. The molecule has 3 aliphatic heterocycles. The first kappa shape index (κ1) is 25.3. The molecule has 2 atom stereocenters. The van der Waals surface area contributed by atoms with E-state index >= 15 is 0 Å². The highest BCUT2D eigenvalue weighted by molar-refractivity contribution is 6.05. The van der Waals surface area contributed by atoms with E-state index in [0.717, 1.165) is 24.0 Å². The maximum absolute atomic E-state index is 13.1. The SMILES string of the molecule is COc1cc(C(=O)N2CCC[C@@H](CC#Cc3cccc4c3CN(C3CCC(=O)NC3=O)C4=O)C2)ccc1N. The van der Waals surface area contributed by atoms with E-state index in [4.69, 9.17) is 10.5 Å². The van der Waals surface area contributed by atoms with Gasteiger partial charge in [0.25, 0.3) is 11.8 Å². The van der Waals surface area contributed by atoms with Gasteiger partial charge in [-0.05, 0) is 61.1 Å². The highest BCUT2D eigenvalue weighted by atomic mass is 16.5. The Bertz CT molecular complexity index is 1370. The van der Waals surface area contributed by atoms with Crippen molar-refractivity contribution in [1.82, 2.24) is 15.1 Å². The maximum Gasteiger partial charge on any atom is 0.255 e. The second kappa shape index (κ2) is 10.6. The summed E-state index contributed by atoms with van der Waals surface area (Å²) in [7, 11) is 1.53. The Labute approximate surface area is 221 Å². The van der Waals surface area contributed by atoms with E-state index < -0.39 is 11.9 Å². The van der Waals surface area contributed by atoms with Crippen LogP contribution >= 0.6 is 0 Å². The zero-order valence-corrected chi connectivity index (χ0v) is 21.3. The Kier molecular flexibility index (Phi) is 7.05. The predicted molar refractivity (Wildman–Crippen MR) is 140 cm³/mol. The van der Waals surface area contributed by atoms with Crippen LogP contribution in [0.5, 0.6) is 5.75 Å². The van der Waals surface area contributed by atoms with Crippen molar-refractivity contribution < 1.29 is 23.9 Å². The van der Waals surface area contributed by atoms with Crippen LogP contribution in [0.2, 0.25) is 0 Å². The molecule has 0 saturated carbocycles. The van der Waals surface area contributed by atoms with Gasteiger partial charge in [0.15, 0.2) is 0 Å². The number of methoxy groups -OCH3 is 1. The molecule has 2 aromatic carbocycles. The van der Waals surface area contributed by atoms with Crippen molar-refractivity contribution in [3.8, 4) is 17.6 Å². The fraction of sp³-hybridized carbons (Fsp3) is 0.379. The molecule has 5 rings (SSSR count). The van der Waals surface area contributed by atoms with Gasteiger partial charge in [0.05, 0.1) is 12.8 Å². The summed E-state index contributed by atoms with van der Waals surface area (Å²) in [5.41, 5.74) is 9.06. The van der Waals surface area contributed by atoms with Gasteiger partial charge in [0.1, 0.15) is 11.8 Å². The second-order valence-electron chi connectivity index (χ2n) is 9.95. The number of carbonyl (C=O) groups excluding carboxylic acids is 4. The Hall–Kier alpha value is -4.32. The average molecular weight is 515 g/mol. The number of nitrogens with zero attached hydrogens (tertiary/aromatic N) is 2. The van der Waals surface area contributed by atoms with E-state index in [1.165, 1.54) is 12.0 Å². The van der Waals surface area contributed by atoms with Crippen molar-refractivity contribution in [3.63, 3.8) is 0 Å². The number of amides is 4. The maximum atomic E-state index is 13.1. The molecule has 196 valence electrons. The van der Waals surface area contributed by atoms with Gasteiger partial charge in [0, 0.05) is 49.2 Å². The summed E-state index contributed by atoms with van der Waals surface area (Å²) in [6, 6.07) is 9.87. The minimum absolute atomic E-state index is 0.0473. The molecule has 3 heterocycles. The van der Waals surface area contributed by atoms with Gasteiger partial charge in [-0.1, -0.05) is 17.9 Å². The second-order valence-corrected chi connectivity index (χ2v) is 9.95. The van der Waals surface area contributed by atoms with Crippen molar-refractivity contribution in [2.24, 2.45) is 5.92 Å². The number of hydrogen-bond acceptors (Lipinski definition) is 6. The zero-order chi connectivity index (χ0) is 26.8. The van der Waals surface area contributed by atoms with Crippen LogP contribution < -0.4 is 15.8 Å². The number of nitrogens with two attached hydrogens (primary N) is 1. The topological polar surface area (TPSA) is 122 Å². The number of rotatable bonds is 4. The molecule has 9 heteroatoms. The lowest BCUT2D eigenvalue weighted by Crippen LogP contribution is -2.52. The fourth-order valence-electron chi connectivity index (χ4n) is 5.44. The molecule has 0 aromatic heterocycles. The third-order valence-corrected chi connectivity index (χ3v) is 7.48. The van der Waals surface area contributed by atoms with Gasteiger partial charge < -0.3 is 20.3 Å². The number of anilines is 1. The molecule has 4 amide bonds. The van der Waals surface area contributed by atoms with Crippen molar-refractivity contribution in [2.45, 2.75) is 44.7 Å². The Morgan fingerprint density at radius 3 is 2.82 bits per heavy atom. The number of imide groups is 1. The first-order chi connectivity index (χ1) is 18.4. The van der Waals surface area contributed by atoms with Crippen molar-refractivity contribution in [3.05, 3.63) is 58.7 Å². The number of nitrogens with one attached hydrogen (secondary N) is 1. The molecule has 3 aliphatic rings. The molecule has 2 fully saturated rings. The van der Waals surface area contributed by atoms with E-state index in [1.54, 1.807) is 30.3 Å². The summed E-state index contributed by atoms with van der Waals surface area (Å²) in [4.78, 5) is 53.4. The molecule has 2 aromatic rings. The summed E-state index contributed by atoms with van der Waals surface area (Å²) in [5, 5.41) is 2.33. The molecular weight excluding hydrogens is 484 g/mol. The lowest BCUT2D eigenvalue weighted by molar-refractivity contribution is -0.136. The van der Waals surface area contributed by atoms with E-state index in [0.29, 0.717) is 55.0 Å².